The van der Waals surface area contributed by atoms with E-state index in [1.165, 1.54) is 6.20 Å². The second-order valence-electron chi connectivity index (χ2n) is 3.01. The Labute approximate surface area is 89.0 Å². The average Bonchev–Trinajstić information content (AvgIpc) is 2.63. The second-order valence-corrected chi connectivity index (χ2v) is 3.01. The molecule has 84 valence electrons. The lowest BCUT2D eigenvalue weighted by Gasteiger charge is -2.14. The molecule has 0 amide bonds. The summed E-state index contributed by atoms with van der Waals surface area (Å²) in [7, 11) is 1.76. The summed E-state index contributed by atoms with van der Waals surface area (Å²) in [6, 6.07) is 0. The van der Waals surface area contributed by atoms with Crippen LogP contribution in [0.4, 0.5) is 0 Å². The number of hydrogen-bond donors (Lipinski definition) is 0. The van der Waals surface area contributed by atoms with E-state index < -0.39 is 6.29 Å². The smallest absolute Gasteiger partial charge is 0.222 e. The number of Topliss-reactive ketones (excluding diaryl/α,β-unsaturated/α-hetero) is 1. The van der Waals surface area contributed by atoms with Gasteiger partial charge in [-0.25, -0.2) is 0 Å². The molecule has 0 saturated heterocycles. The molecule has 0 spiro atoms. The number of aryl methyl sites for hydroxylation is 1. The molecule has 1 heterocycles. The molecule has 0 aliphatic rings. The molecule has 0 aliphatic carbocycles. The first-order chi connectivity index (χ1) is 7.19. The van der Waals surface area contributed by atoms with E-state index in [4.69, 9.17) is 9.47 Å². The highest BCUT2D eigenvalue weighted by Crippen LogP contribution is 2.06. The Balaban J connectivity index is 2.71. The van der Waals surface area contributed by atoms with Crippen LogP contribution in [0.3, 0.4) is 0 Å². The van der Waals surface area contributed by atoms with E-state index in [0.717, 1.165) is 0 Å². The molecule has 0 aromatic carbocycles. The van der Waals surface area contributed by atoms with Crippen molar-refractivity contribution in [2.45, 2.75) is 20.1 Å². The van der Waals surface area contributed by atoms with Crippen LogP contribution in [0.1, 0.15) is 24.2 Å². The third-order valence-electron chi connectivity index (χ3n) is 1.84. The Morgan fingerprint density at radius 1 is 1.47 bits per heavy atom. The van der Waals surface area contributed by atoms with E-state index in [1.54, 1.807) is 17.9 Å². The first kappa shape index (κ1) is 11.9. The van der Waals surface area contributed by atoms with Gasteiger partial charge in [0.15, 0.2) is 0 Å². The summed E-state index contributed by atoms with van der Waals surface area (Å²) in [4.78, 5) is 11.8. The Bertz CT molecular complexity index is 316. The molecule has 15 heavy (non-hydrogen) atoms. The molecule has 1 aromatic rings. The Morgan fingerprint density at radius 3 is 2.47 bits per heavy atom. The van der Waals surface area contributed by atoms with Crippen molar-refractivity contribution in [3.8, 4) is 0 Å². The van der Waals surface area contributed by atoms with Crippen LogP contribution in [-0.2, 0) is 16.5 Å². The molecule has 0 bridgehead atoms. The SMILES string of the molecule is CCOC(OCC)C(=O)c1cnn(C)c1. The van der Waals surface area contributed by atoms with Gasteiger partial charge in [0.05, 0.1) is 11.8 Å². The van der Waals surface area contributed by atoms with Crippen LogP contribution in [0, 0.1) is 0 Å². The van der Waals surface area contributed by atoms with Crippen molar-refractivity contribution in [3.05, 3.63) is 18.0 Å². The Hall–Kier alpha value is -1.20. The van der Waals surface area contributed by atoms with Gasteiger partial charge in [-0.05, 0) is 13.8 Å². The normalized spacial score (nSPS) is 10.9. The predicted octanol–water partition coefficient (Wildman–Crippen LogP) is 1.00. The maximum atomic E-state index is 11.8. The first-order valence-electron chi connectivity index (χ1n) is 4.95. The highest BCUT2D eigenvalue weighted by molar-refractivity contribution is 5.98. The van der Waals surface area contributed by atoms with E-state index in [9.17, 15) is 4.79 Å². The minimum absolute atomic E-state index is 0.188. The summed E-state index contributed by atoms with van der Waals surface area (Å²) in [6.07, 6.45) is 2.34. The van der Waals surface area contributed by atoms with Gasteiger partial charge in [0, 0.05) is 26.5 Å². The number of nitrogens with zero attached hydrogens (tertiary/aromatic N) is 2. The van der Waals surface area contributed by atoms with Crippen LogP contribution in [0.2, 0.25) is 0 Å². The topological polar surface area (TPSA) is 53.4 Å². The third-order valence-corrected chi connectivity index (χ3v) is 1.84. The molecule has 5 nitrogen and oxygen atoms in total. The molecule has 0 unspecified atom stereocenters. The zero-order valence-electron chi connectivity index (χ0n) is 9.27. The van der Waals surface area contributed by atoms with Gasteiger partial charge in [-0.1, -0.05) is 0 Å². The van der Waals surface area contributed by atoms with Gasteiger partial charge in [-0.2, -0.15) is 5.10 Å². The van der Waals surface area contributed by atoms with Gasteiger partial charge in [0.25, 0.3) is 0 Å². The summed E-state index contributed by atoms with van der Waals surface area (Å²) in [5, 5.41) is 3.93. The van der Waals surface area contributed by atoms with Gasteiger partial charge in [0.2, 0.25) is 12.1 Å². The molecule has 0 radical (unpaired) electrons. The lowest BCUT2D eigenvalue weighted by molar-refractivity contribution is -0.107. The fraction of sp³-hybridized carbons (Fsp3) is 0.600. The first-order valence-corrected chi connectivity index (χ1v) is 4.95. The van der Waals surface area contributed by atoms with E-state index >= 15 is 0 Å². The van der Waals surface area contributed by atoms with Gasteiger partial charge in [0.1, 0.15) is 0 Å². The standard InChI is InChI=1S/C10H16N2O3/c1-4-14-10(15-5-2)9(13)8-6-11-12(3)7-8/h6-7,10H,4-5H2,1-3H3. The van der Waals surface area contributed by atoms with Crippen LogP contribution in [0.15, 0.2) is 12.4 Å². The van der Waals surface area contributed by atoms with E-state index in [2.05, 4.69) is 5.10 Å². The minimum atomic E-state index is -0.816. The molecule has 0 aliphatic heterocycles. The maximum Gasteiger partial charge on any atom is 0.222 e. The third kappa shape index (κ3) is 3.14. The number of carbonyl (C=O) groups is 1. The van der Waals surface area contributed by atoms with Crippen LogP contribution < -0.4 is 0 Å². The molecule has 1 rings (SSSR count). The number of rotatable bonds is 6. The van der Waals surface area contributed by atoms with Gasteiger partial charge < -0.3 is 9.47 Å². The van der Waals surface area contributed by atoms with Crippen molar-refractivity contribution in [1.29, 1.82) is 0 Å². The highest BCUT2D eigenvalue weighted by atomic mass is 16.7. The fourth-order valence-corrected chi connectivity index (χ4v) is 1.19. The highest BCUT2D eigenvalue weighted by Gasteiger charge is 2.21. The second kappa shape index (κ2) is 5.63. The quantitative estimate of drug-likeness (QED) is 0.521. The van der Waals surface area contributed by atoms with Crippen molar-refractivity contribution in [2.75, 3.05) is 13.2 Å². The number of ether oxygens (including phenoxy) is 2. The molecule has 0 fully saturated rings. The summed E-state index contributed by atoms with van der Waals surface area (Å²) in [5.74, 6) is -0.188. The van der Waals surface area contributed by atoms with Crippen LogP contribution in [0.25, 0.3) is 0 Å². The van der Waals surface area contributed by atoms with Crippen molar-refractivity contribution in [1.82, 2.24) is 9.78 Å². The Kier molecular flexibility index (Phi) is 4.45. The average molecular weight is 212 g/mol. The largest absolute Gasteiger partial charge is 0.346 e. The van der Waals surface area contributed by atoms with E-state index in [-0.39, 0.29) is 5.78 Å². The number of carbonyl (C=O) groups excluding carboxylic acids is 1. The van der Waals surface area contributed by atoms with Crippen molar-refractivity contribution < 1.29 is 14.3 Å². The van der Waals surface area contributed by atoms with Gasteiger partial charge in [-0.15, -0.1) is 0 Å². The van der Waals surface area contributed by atoms with E-state index in [1.807, 2.05) is 13.8 Å². The monoisotopic (exact) mass is 212 g/mol. The minimum Gasteiger partial charge on any atom is -0.346 e. The zero-order valence-corrected chi connectivity index (χ0v) is 9.27. The molecule has 5 heteroatoms. The molecular weight excluding hydrogens is 196 g/mol. The molecular formula is C10H16N2O3. The van der Waals surface area contributed by atoms with E-state index in [0.29, 0.717) is 18.8 Å². The predicted molar refractivity (Wildman–Crippen MR) is 54.6 cm³/mol. The summed E-state index contributed by atoms with van der Waals surface area (Å²) < 4.78 is 12.0. The van der Waals surface area contributed by atoms with Gasteiger partial charge in [-0.3, -0.25) is 9.48 Å². The molecule has 0 N–H and O–H groups in total. The van der Waals surface area contributed by atoms with Crippen molar-refractivity contribution in [2.24, 2.45) is 7.05 Å². The number of aromatic nitrogens is 2. The lowest BCUT2D eigenvalue weighted by atomic mass is 10.2. The Morgan fingerprint density at radius 2 is 2.07 bits per heavy atom. The molecule has 0 atom stereocenters. The van der Waals surface area contributed by atoms with Crippen molar-refractivity contribution >= 4 is 5.78 Å². The summed E-state index contributed by atoms with van der Waals surface area (Å²) in [6.45, 7) is 4.53. The lowest BCUT2D eigenvalue weighted by Crippen LogP contribution is -2.27. The molecule has 0 saturated carbocycles. The zero-order chi connectivity index (χ0) is 11.3. The van der Waals surface area contributed by atoms with Crippen LogP contribution >= 0.6 is 0 Å². The fourth-order valence-electron chi connectivity index (χ4n) is 1.19. The van der Waals surface area contributed by atoms with Crippen LogP contribution in [-0.4, -0.2) is 35.1 Å². The summed E-state index contributed by atoms with van der Waals surface area (Å²) >= 11 is 0. The van der Waals surface area contributed by atoms with Crippen molar-refractivity contribution in [3.63, 3.8) is 0 Å². The number of ketones is 1. The molecule has 1 aromatic heterocycles. The maximum absolute atomic E-state index is 11.8. The van der Waals surface area contributed by atoms with Crippen LogP contribution in [0.5, 0.6) is 0 Å². The van der Waals surface area contributed by atoms with Gasteiger partial charge >= 0.3 is 0 Å². The number of hydrogen-bond acceptors (Lipinski definition) is 4. The summed E-state index contributed by atoms with van der Waals surface area (Å²) in [5.41, 5.74) is 0.504.